The molecule has 1 aromatic carbocycles. The molecule has 1 aliphatic rings. The van der Waals surface area contributed by atoms with Crippen LogP contribution in [0.3, 0.4) is 0 Å². The Morgan fingerprint density at radius 3 is 2.55 bits per heavy atom. The van der Waals surface area contributed by atoms with Gasteiger partial charge in [-0.25, -0.2) is 4.79 Å². The molecule has 0 bridgehead atoms. The number of anilines is 2. The van der Waals surface area contributed by atoms with Crippen molar-refractivity contribution in [3.63, 3.8) is 0 Å². The summed E-state index contributed by atoms with van der Waals surface area (Å²) in [6.45, 7) is 3.09. The van der Waals surface area contributed by atoms with E-state index in [0.29, 0.717) is 22.9 Å². The molecule has 0 atom stereocenters. The van der Waals surface area contributed by atoms with Gasteiger partial charge in [0.25, 0.3) is 0 Å². The van der Waals surface area contributed by atoms with Gasteiger partial charge in [-0.2, -0.15) is 0 Å². The maximum absolute atomic E-state index is 11.2. The molecule has 1 fully saturated rings. The van der Waals surface area contributed by atoms with Crippen molar-refractivity contribution in [2.75, 3.05) is 17.6 Å². The molecule has 4 nitrogen and oxygen atoms in total. The molecule has 4 N–H and O–H groups in total. The van der Waals surface area contributed by atoms with E-state index in [0.717, 1.165) is 12.5 Å². The highest BCUT2D eigenvalue weighted by atomic mass is 16.4. The van der Waals surface area contributed by atoms with E-state index in [2.05, 4.69) is 12.2 Å². The summed E-state index contributed by atoms with van der Waals surface area (Å²) in [6, 6.07) is 4.90. The first-order valence-electron chi connectivity index (χ1n) is 7.46. The number of carbonyl (C=O) groups is 1. The maximum atomic E-state index is 11.2. The molecule has 0 unspecified atom stereocenters. The summed E-state index contributed by atoms with van der Waals surface area (Å²) in [5.74, 6) is 0.608. The molecule has 0 saturated heterocycles. The molecule has 0 heterocycles. The molecule has 0 aliphatic heterocycles. The Labute approximate surface area is 120 Å². The van der Waals surface area contributed by atoms with Gasteiger partial charge in [0.15, 0.2) is 0 Å². The van der Waals surface area contributed by atoms with Gasteiger partial charge in [0.05, 0.1) is 11.3 Å². The molecule has 1 aliphatic carbocycles. The summed E-state index contributed by atoms with van der Waals surface area (Å²) in [5, 5.41) is 12.5. The molecule has 0 spiro atoms. The van der Waals surface area contributed by atoms with Crippen LogP contribution in [-0.2, 0) is 0 Å². The summed E-state index contributed by atoms with van der Waals surface area (Å²) < 4.78 is 0. The lowest BCUT2D eigenvalue weighted by Crippen LogP contribution is -2.21. The average molecular weight is 276 g/mol. The van der Waals surface area contributed by atoms with E-state index in [1.807, 2.05) is 0 Å². The van der Waals surface area contributed by atoms with E-state index in [-0.39, 0.29) is 0 Å². The molecule has 1 aromatic rings. The Hall–Kier alpha value is -1.71. The van der Waals surface area contributed by atoms with E-state index < -0.39 is 5.97 Å². The predicted octanol–water partition coefficient (Wildman–Crippen LogP) is 3.60. The first kappa shape index (κ1) is 14.7. The Morgan fingerprint density at radius 1 is 1.30 bits per heavy atom. The monoisotopic (exact) mass is 276 g/mol. The number of carboxylic acids is 1. The predicted molar refractivity (Wildman–Crippen MR) is 82.0 cm³/mol. The number of nitrogens with two attached hydrogens (primary N) is 1. The smallest absolute Gasteiger partial charge is 0.337 e. The Bertz CT molecular complexity index is 466. The first-order valence-corrected chi connectivity index (χ1v) is 7.46. The number of hydrogen-bond acceptors (Lipinski definition) is 3. The van der Waals surface area contributed by atoms with Gasteiger partial charge >= 0.3 is 5.97 Å². The van der Waals surface area contributed by atoms with Crippen molar-refractivity contribution in [1.82, 2.24) is 0 Å². The standard InChI is InChI=1S/C16H24N2O2/c1-2-11-3-5-12(6-4-11)10-18-15-9-13(17)7-8-14(15)16(19)20/h7-9,11-12,18H,2-6,10,17H2,1H3,(H,19,20). The summed E-state index contributed by atoms with van der Waals surface area (Å²) >= 11 is 0. The normalized spacial score (nSPS) is 22.4. The third kappa shape index (κ3) is 3.65. The Morgan fingerprint density at radius 2 is 1.95 bits per heavy atom. The summed E-state index contributed by atoms with van der Waals surface area (Å²) in [4.78, 5) is 11.2. The van der Waals surface area contributed by atoms with Crippen molar-refractivity contribution >= 4 is 17.3 Å². The third-order valence-corrected chi connectivity index (χ3v) is 4.40. The zero-order valence-electron chi connectivity index (χ0n) is 12.1. The minimum atomic E-state index is -0.915. The van der Waals surface area contributed by atoms with Gasteiger partial charge in [-0.3, -0.25) is 0 Å². The summed E-state index contributed by atoms with van der Waals surface area (Å²) in [6.07, 6.45) is 6.34. The number of rotatable bonds is 5. The van der Waals surface area contributed by atoms with Gasteiger partial charge in [-0.1, -0.05) is 26.2 Å². The van der Waals surface area contributed by atoms with Crippen LogP contribution in [0.5, 0.6) is 0 Å². The van der Waals surface area contributed by atoms with Crippen LogP contribution in [0.15, 0.2) is 18.2 Å². The largest absolute Gasteiger partial charge is 0.478 e. The number of benzene rings is 1. The second-order valence-electron chi connectivity index (χ2n) is 5.79. The van der Waals surface area contributed by atoms with Gasteiger partial charge in [-0.15, -0.1) is 0 Å². The fraction of sp³-hybridized carbons (Fsp3) is 0.562. The van der Waals surface area contributed by atoms with Crippen LogP contribution in [0.4, 0.5) is 11.4 Å². The van der Waals surface area contributed by atoms with Crippen LogP contribution < -0.4 is 11.1 Å². The topological polar surface area (TPSA) is 75.3 Å². The highest BCUT2D eigenvalue weighted by Gasteiger charge is 2.20. The molecule has 0 amide bonds. The zero-order valence-corrected chi connectivity index (χ0v) is 12.1. The van der Waals surface area contributed by atoms with Gasteiger partial charge < -0.3 is 16.2 Å². The molecule has 2 rings (SSSR count). The van der Waals surface area contributed by atoms with Gasteiger partial charge in [-0.05, 0) is 42.9 Å². The Kier molecular flexibility index (Phi) is 4.88. The lowest BCUT2D eigenvalue weighted by molar-refractivity contribution is 0.0698. The first-order chi connectivity index (χ1) is 9.60. The lowest BCUT2D eigenvalue weighted by atomic mass is 9.81. The summed E-state index contributed by atoms with van der Waals surface area (Å²) in [5.41, 5.74) is 7.26. The second-order valence-corrected chi connectivity index (χ2v) is 5.79. The van der Waals surface area contributed by atoms with Gasteiger partial charge in [0.2, 0.25) is 0 Å². The summed E-state index contributed by atoms with van der Waals surface area (Å²) in [7, 11) is 0. The molecule has 1 saturated carbocycles. The molecule has 20 heavy (non-hydrogen) atoms. The quantitative estimate of drug-likeness (QED) is 0.718. The Balaban J connectivity index is 1.94. The molecule has 0 aromatic heterocycles. The minimum absolute atomic E-state index is 0.293. The fourth-order valence-electron chi connectivity index (χ4n) is 2.99. The van der Waals surface area contributed by atoms with Crippen LogP contribution in [0.2, 0.25) is 0 Å². The van der Waals surface area contributed by atoms with Crippen molar-refractivity contribution in [1.29, 1.82) is 0 Å². The molecule has 4 heteroatoms. The van der Waals surface area contributed by atoms with E-state index in [9.17, 15) is 9.90 Å². The SMILES string of the molecule is CCC1CCC(CNc2cc(N)ccc2C(=O)O)CC1. The maximum Gasteiger partial charge on any atom is 0.337 e. The van der Waals surface area contributed by atoms with Crippen molar-refractivity contribution in [3.8, 4) is 0 Å². The van der Waals surface area contributed by atoms with Crippen LogP contribution in [-0.4, -0.2) is 17.6 Å². The highest BCUT2D eigenvalue weighted by molar-refractivity contribution is 5.95. The van der Waals surface area contributed by atoms with E-state index in [1.165, 1.54) is 32.1 Å². The zero-order chi connectivity index (χ0) is 14.5. The fourth-order valence-corrected chi connectivity index (χ4v) is 2.99. The van der Waals surface area contributed by atoms with Crippen LogP contribution in [0, 0.1) is 11.8 Å². The number of carboxylic acid groups (broad SMARTS) is 1. The number of aromatic carboxylic acids is 1. The second kappa shape index (κ2) is 6.64. The van der Waals surface area contributed by atoms with Crippen LogP contribution in [0.25, 0.3) is 0 Å². The number of nitrogen functional groups attached to an aromatic ring is 1. The average Bonchev–Trinajstić information content (AvgIpc) is 2.45. The van der Waals surface area contributed by atoms with E-state index in [4.69, 9.17) is 5.73 Å². The van der Waals surface area contributed by atoms with Crippen molar-refractivity contribution < 1.29 is 9.90 Å². The minimum Gasteiger partial charge on any atom is -0.478 e. The van der Waals surface area contributed by atoms with Crippen molar-refractivity contribution in [3.05, 3.63) is 23.8 Å². The number of nitrogens with one attached hydrogen (secondary N) is 1. The molecule has 110 valence electrons. The lowest BCUT2D eigenvalue weighted by Gasteiger charge is -2.28. The number of hydrogen-bond donors (Lipinski definition) is 3. The molecular weight excluding hydrogens is 252 g/mol. The molecule has 0 radical (unpaired) electrons. The van der Waals surface area contributed by atoms with Crippen LogP contribution >= 0.6 is 0 Å². The van der Waals surface area contributed by atoms with Gasteiger partial charge in [0, 0.05) is 12.2 Å². The third-order valence-electron chi connectivity index (χ3n) is 4.40. The van der Waals surface area contributed by atoms with Crippen molar-refractivity contribution in [2.24, 2.45) is 11.8 Å². The van der Waals surface area contributed by atoms with Crippen molar-refractivity contribution in [2.45, 2.75) is 39.0 Å². The van der Waals surface area contributed by atoms with E-state index >= 15 is 0 Å². The highest BCUT2D eigenvalue weighted by Crippen LogP contribution is 2.31. The van der Waals surface area contributed by atoms with E-state index in [1.54, 1.807) is 18.2 Å². The van der Waals surface area contributed by atoms with Crippen LogP contribution in [0.1, 0.15) is 49.4 Å². The molecular formula is C16H24N2O2. The van der Waals surface area contributed by atoms with Gasteiger partial charge in [0.1, 0.15) is 0 Å².